The number of carbonyl (C=O) groups excluding carboxylic acids is 1. The van der Waals surface area contributed by atoms with Crippen LogP contribution in [-0.4, -0.2) is 5.78 Å². The molecule has 2 aliphatic rings. The van der Waals surface area contributed by atoms with Crippen molar-refractivity contribution in [2.75, 3.05) is 0 Å². The normalized spacial score (nSPS) is 24.7. The second kappa shape index (κ2) is 5.30. The molecule has 3 rings (SSSR count). The van der Waals surface area contributed by atoms with Crippen molar-refractivity contribution >= 4 is 5.78 Å². The minimum absolute atomic E-state index is 0.00240. The van der Waals surface area contributed by atoms with E-state index in [-0.39, 0.29) is 23.2 Å². The van der Waals surface area contributed by atoms with Crippen molar-refractivity contribution < 1.29 is 13.9 Å². The van der Waals surface area contributed by atoms with Gasteiger partial charge in [0.05, 0.1) is 5.92 Å². The highest BCUT2D eigenvalue weighted by Gasteiger charge is 2.39. The van der Waals surface area contributed by atoms with E-state index in [9.17, 15) is 14.4 Å². The Balaban J connectivity index is 2.19. The summed E-state index contributed by atoms with van der Waals surface area (Å²) in [7, 11) is 0. The molecule has 0 bridgehead atoms. The predicted octanol–water partition coefficient (Wildman–Crippen LogP) is 2.89. The summed E-state index contributed by atoms with van der Waals surface area (Å²) < 4.78 is 19.1. The summed E-state index contributed by atoms with van der Waals surface area (Å²) in [6, 6.07) is 7.91. The van der Waals surface area contributed by atoms with E-state index in [1.807, 2.05) is 13.0 Å². The standard InChI is InChI=1S/C17H15FN2O2/c1-9-5-13(21)16-14(6-9)22-17(20)12(8-19)15(16)10-3-2-4-11(18)7-10/h2-4,7,9,15H,5-6,20H2,1H3/t9-,15-/m1/s1. The largest absolute Gasteiger partial charge is 0.444 e. The lowest BCUT2D eigenvalue weighted by Crippen LogP contribution is -2.29. The number of carbonyl (C=O) groups is 1. The number of halogens is 1. The first kappa shape index (κ1) is 14.3. The first-order valence-electron chi connectivity index (χ1n) is 7.10. The van der Waals surface area contributed by atoms with Crippen LogP contribution >= 0.6 is 0 Å². The van der Waals surface area contributed by atoms with Gasteiger partial charge in [-0.1, -0.05) is 19.1 Å². The first-order chi connectivity index (χ1) is 10.5. The summed E-state index contributed by atoms with van der Waals surface area (Å²) in [5.41, 5.74) is 6.99. The Morgan fingerprint density at radius 3 is 2.86 bits per heavy atom. The third-order valence-corrected chi connectivity index (χ3v) is 4.05. The fraction of sp³-hybridized carbons (Fsp3) is 0.294. The Hall–Kier alpha value is -2.61. The Morgan fingerprint density at radius 1 is 1.41 bits per heavy atom. The molecular formula is C17H15FN2O2. The zero-order valence-corrected chi connectivity index (χ0v) is 12.1. The van der Waals surface area contributed by atoms with Crippen LogP contribution < -0.4 is 5.73 Å². The van der Waals surface area contributed by atoms with Crippen LogP contribution in [0, 0.1) is 23.1 Å². The van der Waals surface area contributed by atoms with Crippen molar-refractivity contribution in [3.05, 3.63) is 58.4 Å². The molecular weight excluding hydrogens is 283 g/mol. The quantitative estimate of drug-likeness (QED) is 0.865. The molecule has 1 aliphatic heterocycles. The topological polar surface area (TPSA) is 76.1 Å². The second-order valence-electron chi connectivity index (χ2n) is 5.75. The number of ketones is 1. The molecule has 0 saturated heterocycles. The van der Waals surface area contributed by atoms with E-state index in [1.54, 1.807) is 12.1 Å². The number of hydrogen-bond donors (Lipinski definition) is 1. The van der Waals surface area contributed by atoms with Crippen LogP contribution in [0.1, 0.15) is 31.2 Å². The van der Waals surface area contributed by atoms with Gasteiger partial charge in [0, 0.05) is 18.4 Å². The van der Waals surface area contributed by atoms with Gasteiger partial charge in [-0.25, -0.2) is 4.39 Å². The summed E-state index contributed by atoms with van der Waals surface area (Å²) in [4.78, 5) is 12.5. The van der Waals surface area contributed by atoms with Crippen LogP contribution in [0.2, 0.25) is 0 Å². The van der Waals surface area contributed by atoms with Crippen LogP contribution in [0.25, 0.3) is 0 Å². The highest BCUT2D eigenvalue weighted by atomic mass is 19.1. The maximum Gasteiger partial charge on any atom is 0.205 e. The van der Waals surface area contributed by atoms with Gasteiger partial charge < -0.3 is 10.5 Å². The van der Waals surface area contributed by atoms with Crippen molar-refractivity contribution in [2.24, 2.45) is 11.7 Å². The van der Waals surface area contributed by atoms with E-state index in [4.69, 9.17) is 10.5 Å². The Labute approximate surface area is 127 Å². The fourth-order valence-corrected chi connectivity index (χ4v) is 3.11. The molecule has 1 aliphatic carbocycles. The molecule has 22 heavy (non-hydrogen) atoms. The molecule has 4 nitrogen and oxygen atoms in total. The number of rotatable bonds is 1. The molecule has 0 unspecified atom stereocenters. The minimum Gasteiger partial charge on any atom is -0.444 e. The molecule has 2 atom stereocenters. The van der Waals surface area contributed by atoms with E-state index >= 15 is 0 Å². The zero-order valence-electron chi connectivity index (χ0n) is 12.1. The SMILES string of the molecule is C[C@@H]1CC(=O)C2=C(C1)OC(N)=C(C#N)[C@H]2c1cccc(F)c1. The zero-order chi connectivity index (χ0) is 15.9. The third kappa shape index (κ3) is 2.27. The van der Waals surface area contributed by atoms with E-state index in [1.165, 1.54) is 12.1 Å². The maximum atomic E-state index is 13.6. The maximum absolute atomic E-state index is 13.6. The summed E-state index contributed by atoms with van der Waals surface area (Å²) in [6.45, 7) is 1.96. The molecule has 2 N–H and O–H groups in total. The number of Topliss-reactive ketones (excluding diaryl/α,β-unsaturated/α-hetero) is 1. The number of benzene rings is 1. The van der Waals surface area contributed by atoms with Gasteiger partial charge in [-0.15, -0.1) is 0 Å². The monoisotopic (exact) mass is 298 g/mol. The van der Waals surface area contributed by atoms with Gasteiger partial charge in [0.15, 0.2) is 5.78 Å². The summed E-state index contributed by atoms with van der Waals surface area (Å²) >= 11 is 0. The van der Waals surface area contributed by atoms with Crippen LogP contribution in [0.3, 0.4) is 0 Å². The molecule has 0 saturated carbocycles. The van der Waals surface area contributed by atoms with E-state index in [2.05, 4.69) is 0 Å². The number of allylic oxidation sites excluding steroid dienone is 3. The molecule has 0 fully saturated rings. The van der Waals surface area contributed by atoms with Gasteiger partial charge >= 0.3 is 0 Å². The number of nitriles is 1. The van der Waals surface area contributed by atoms with Crippen molar-refractivity contribution in [1.29, 1.82) is 5.26 Å². The minimum atomic E-state index is -0.649. The number of nitrogens with two attached hydrogens (primary N) is 1. The van der Waals surface area contributed by atoms with Crippen molar-refractivity contribution in [2.45, 2.75) is 25.7 Å². The molecule has 0 radical (unpaired) electrons. The highest BCUT2D eigenvalue weighted by molar-refractivity contribution is 5.99. The van der Waals surface area contributed by atoms with Crippen molar-refractivity contribution in [3.63, 3.8) is 0 Å². The average Bonchev–Trinajstić information content (AvgIpc) is 2.45. The van der Waals surface area contributed by atoms with Gasteiger partial charge in [0.1, 0.15) is 23.2 Å². The summed E-state index contributed by atoms with van der Waals surface area (Å²) in [5, 5.41) is 9.40. The lowest BCUT2D eigenvalue weighted by molar-refractivity contribution is -0.117. The highest BCUT2D eigenvalue weighted by Crippen LogP contribution is 2.44. The van der Waals surface area contributed by atoms with Crippen LogP contribution in [0.15, 0.2) is 47.1 Å². The van der Waals surface area contributed by atoms with Crippen LogP contribution in [0.5, 0.6) is 0 Å². The lowest BCUT2D eigenvalue weighted by atomic mass is 9.75. The van der Waals surface area contributed by atoms with E-state index in [0.717, 1.165) is 0 Å². The van der Waals surface area contributed by atoms with Gasteiger partial charge in [-0.3, -0.25) is 4.79 Å². The Kier molecular flexibility index (Phi) is 3.45. The molecule has 0 aromatic heterocycles. The molecule has 1 heterocycles. The van der Waals surface area contributed by atoms with E-state index in [0.29, 0.717) is 29.7 Å². The Morgan fingerprint density at radius 2 is 2.18 bits per heavy atom. The summed E-state index contributed by atoms with van der Waals surface area (Å²) in [6.07, 6.45) is 0.985. The average molecular weight is 298 g/mol. The summed E-state index contributed by atoms with van der Waals surface area (Å²) in [5.74, 6) is -0.464. The van der Waals surface area contributed by atoms with Gasteiger partial charge in [0.2, 0.25) is 5.88 Å². The van der Waals surface area contributed by atoms with Gasteiger partial charge in [-0.05, 0) is 23.6 Å². The molecule has 5 heteroatoms. The molecule has 1 aromatic rings. The molecule has 112 valence electrons. The van der Waals surface area contributed by atoms with Crippen LogP contribution in [0.4, 0.5) is 4.39 Å². The molecule has 0 spiro atoms. The third-order valence-electron chi connectivity index (χ3n) is 4.05. The lowest BCUT2D eigenvalue weighted by Gasteiger charge is -2.32. The Bertz CT molecular complexity index is 758. The number of nitrogens with zero attached hydrogens (tertiary/aromatic N) is 1. The first-order valence-corrected chi connectivity index (χ1v) is 7.10. The van der Waals surface area contributed by atoms with Gasteiger partial charge in [-0.2, -0.15) is 5.26 Å². The smallest absolute Gasteiger partial charge is 0.205 e. The predicted molar refractivity (Wildman–Crippen MR) is 77.5 cm³/mol. The van der Waals surface area contributed by atoms with Gasteiger partial charge in [0.25, 0.3) is 0 Å². The van der Waals surface area contributed by atoms with E-state index < -0.39 is 11.7 Å². The fourth-order valence-electron chi connectivity index (χ4n) is 3.11. The number of ether oxygens (including phenoxy) is 1. The number of hydrogen-bond acceptors (Lipinski definition) is 4. The van der Waals surface area contributed by atoms with Crippen molar-refractivity contribution in [3.8, 4) is 6.07 Å². The van der Waals surface area contributed by atoms with Crippen molar-refractivity contribution in [1.82, 2.24) is 0 Å². The van der Waals surface area contributed by atoms with Crippen LogP contribution in [-0.2, 0) is 9.53 Å². The molecule has 0 amide bonds. The second-order valence-corrected chi connectivity index (χ2v) is 5.75. The molecule has 1 aromatic carbocycles.